The molecule has 0 unspecified atom stereocenters. The first-order chi connectivity index (χ1) is 6.88. The lowest BCUT2D eigenvalue weighted by Gasteiger charge is -2.22. The van der Waals surface area contributed by atoms with Crippen LogP contribution in [0, 0.1) is 5.82 Å². The number of hydrogen-bond acceptors (Lipinski definition) is 2. The molecule has 0 bridgehead atoms. The minimum atomic E-state index is -3.43. The van der Waals surface area contributed by atoms with Crippen molar-refractivity contribution in [1.29, 1.82) is 0 Å². The van der Waals surface area contributed by atoms with E-state index in [4.69, 9.17) is 10.8 Å². The Morgan fingerprint density at radius 1 is 1.44 bits per heavy atom. The summed E-state index contributed by atoms with van der Waals surface area (Å²) in [7, 11) is 0. The van der Waals surface area contributed by atoms with Crippen molar-refractivity contribution in [2.75, 3.05) is 6.61 Å². The lowest BCUT2D eigenvalue weighted by molar-refractivity contribution is -0.0713. The zero-order valence-electron chi connectivity index (χ0n) is 7.96. The van der Waals surface area contributed by atoms with Crippen LogP contribution in [-0.4, -0.2) is 17.6 Å². The molecule has 7 heteroatoms. The SMILES string of the molecule is Cl.N[C@@H](c1ccc(F)cc1Br)C(F)(F)CO. The summed E-state index contributed by atoms with van der Waals surface area (Å²) in [6.07, 6.45) is 0. The molecule has 0 saturated carbocycles. The van der Waals surface area contributed by atoms with E-state index in [9.17, 15) is 13.2 Å². The van der Waals surface area contributed by atoms with E-state index in [-0.39, 0.29) is 22.4 Å². The highest BCUT2D eigenvalue weighted by Gasteiger charge is 2.38. The van der Waals surface area contributed by atoms with E-state index in [2.05, 4.69) is 15.9 Å². The number of alkyl halides is 2. The van der Waals surface area contributed by atoms with Crippen LogP contribution in [0.4, 0.5) is 13.2 Å². The largest absolute Gasteiger partial charge is 0.390 e. The molecule has 0 aliphatic carbocycles. The van der Waals surface area contributed by atoms with Gasteiger partial charge >= 0.3 is 0 Å². The Morgan fingerprint density at radius 3 is 2.44 bits per heavy atom. The zero-order valence-corrected chi connectivity index (χ0v) is 10.4. The standard InChI is InChI=1S/C9H9BrF3NO.ClH/c10-7-3-5(11)1-2-6(7)8(14)9(12,13)4-15;/h1-3,8,15H,4,14H2;1H/t8-;/m0./s1. The third-order valence-electron chi connectivity index (χ3n) is 1.96. The van der Waals surface area contributed by atoms with Gasteiger partial charge in [-0.15, -0.1) is 12.4 Å². The van der Waals surface area contributed by atoms with Gasteiger partial charge < -0.3 is 10.8 Å². The van der Waals surface area contributed by atoms with Crippen LogP contribution in [0.5, 0.6) is 0 Å². The average molecular weight is 321 g/mol. The first kappa shape index (κ1) is 15.7. The van der Waals surface area contributed by atoms with Crippen LogP contribution in [-0.2, 0) is 0 Å². The van der Waals surface area contributed by atoms with Crippen LogP contribution in [0.2, 0.25) is 0 Å². The molecule has 1 aromatic rings. The fraction of sp³-hybridized carbons (Fsp3) is 0.333. The van der Waals surface area contributed by atoms with Gasteiger partial charge in [0, 0.05) is 4.47 Å². The van der Waals surface area contributed by atoms with Gasteiger partial charge in [-0.2, -0.15) is 0 Å². The number of aliphatic hydroxyl groups is 1. The quantitative estimate of drug-likeness (QED) is 0.899. The minimum Gasteiger partial charge on any atom is -0.390 e. The highest BCUT2D eigenvalue weighted by molar-refractivity contribution is 9.10. The molecule has 2 nitrogen and oxygen atoms in total. The molecule has 16 heavy (non-hydrogen) atoms. The number of nitrogens with two attached hydrogens (primary N) is 1. The Kier molecular flexibility index (Phi) is 5.75. The van der Waals surface area contributed by atoms with Gasteiger partial charge in [0.25, 0.3) is 5.92 Å². The predicted molar refractivity (Wildman–Crippen MR) is 60.3 cm³/mol. The summed E-state index contributed by atoms with van der Waals surface area (Å²) in [6.45, 7) is -1.35. The normalized spacial score (nSPS) is 13.1. The van der Waals surface area contributed by atoms with Crippen molar-refractivity contribution in [3.05, 3.63) is 34.1 Å². The monoisotopic (exact) mass is 319 g/mol. The maximum absolute atomic E-state index is 13.0. The molecule has 92 valence electrons. The predicted octanol–water partition coefficient (Wildman–Crippen LogP) is 2.64. The van der Waals surface area contributed by atoms with Gasteiger partial charge in [-0.1, -0.05) is 22.0 Å². The maximum atomic E-state index is 13.0. The molecule has 1 atom stereocenters. The van der Waals surface area contributed by atoms with Crippen molar-refractivity contribution in [1.82, 2.24) is 0 Å². The van der Waals surface area contributed by atoms with Crippen LogP contribution in [0.15, 0.2) is 22.7 Å². The third-order valence-corrected chi connectivity index (χ3v) is 2.65. The van der Waals surface area contributed by atoms with Gasteiger partial charge in [-0.3, -0.25) is 0 Å². The van der Waals surface area contributed by atoms with Gasteiger partial charge in [-0.25, -0.2) is 13.2 Å². The smallest absolute Gasteiger partial charge is 0.289 e. The number of halogens is 5. The summed E-state index contributed by atoms with van der Waals surface area (Å²) >= 11 is 2.93. The van der Waals surface area contributed by atoms with Gasteiger partial charge in [-0.05, 0) is 17.7 Å². The molecule has 0 amide bonds. The minimum absolute atomic E-state index is 0. The third kappa shape index (κ3) is 3.35. The second-order valence-electron chi connectivity index (χ2n) is 3.06. The molecule has 0 aliphatic heterocycles. The Labute approximate surface area is 105 Å². The van der Waals surface area contributed by atoms with E-state index in [0.29, 0.717) is 0 Å². The summed E-state index contributed by atoms with van der Waals surface area (Å²) < 4.78 is 38.9. The average Bonchev–Trinajstić information content (AvgIpc) is 2.17. The van der Waals surface area contributed by atoms with Crippen molar-refractivity contribution in [3.8, 4) is 0 Å². The Bertz CT molecular complexity index is 365. The Morgan fingerprint density at radius 2 is 2.00 bits per heavy atom. The van der Waals surface area contributed by atoms with Crippen molar-refractivity contribution in [2.24, 2.45) is 5.73 Å². The molecule has 0 aliphatic rings. The van der Waals surface area contributed by atoms with Crippen molar-refractivity contribution >= 4 is 28.3 Å². The van der Waals surface area contributed by atoms with E-state index in [1.165, 1.54) is 0 Å². The number of benzene rings is 1. The Hall–Kier alpha value is -0.300. The van der Waals surface area contributed by atoms with E-state index in [1.54, 1.807) is 0 Å². The topological polar surface area (TPSA) is 46.2 Å². The van der Waals surface area contributed by atoms with Crippen LogP contribution in [0.25, 0.3) is 0 Å². The lowest BCUT2D eigenvalue weighted by Crippen LogP contribution is -2.36. The van der Waals surface area contributed by atoms with E-state index in [0.717, 1.165) is 18.2 Å². The molecule has 0 aromatic heterocycles. The summed E-state index contributed by atoms with van der Waals surface area (Å²) in [5.74, 6) is -3.98. The molecule has 0 saturated heterocycles. The number of rotatable bonds is 3. The molecule has 0 heterocycles. The van der Waals surface area contributed by atoms with Crippen molar-refractivity contribution in [2.45, 2.75) is 12.0 Å². The molecule has 0 fully saturated rings. The van der Waals surface area contributed by atoms with Gasteiger partial charge in [0.1, 0.15) is 12.4 Å². The van der Waals surface area contributed by atoms with Crippen LogP contribution >= 0.6 is 28.3 Å². The molecular weight excluding hydrogens is 310 g/mol. The summed E-state index contributed by atoms with van der Waals surface area (Å²) in [5.41, 5.74) is 5.32. The van der Waals surface area contributed by atoms with E-state index < -0.39 is 24.4 Å². The molecule has 0 spiro atoms. The van der Waals surface area contributed by atoms with Crippen molar-refractivity contribution in [3.63, 3.8) is 0 Å². The first-order valence-corrected chi connectivity index (χ1v) is 4.87. The van der Waals surface area contributed by atoms with E-state index >= 15 is 0 Å². The lowest BCUT2D eigenvalue weighted by atomic mass is 10.0. The molecular formula is C9H10BrClF3NO. The van der Waals surface area contributed by atoms with Crippen LogP contribution in [0.3, 0.4) is 0 Å². The maximum Gasteiger partial charge on any atom is 0.289 e. The highest BCUT2D eigenvalue weighted by Crippen LogP contribution is 2.33. The molecule has 1 aromatic carbocycles. The summed E-state index contributed by atoms with van der Waals surface area (Å²) in [5, 5.41) is 8.45. The van der Waals surface area contributed by atoms with Gasteiger partial charge in [0.2, 0.25) is 0 Å². The van der Waals surface area contributed by atoms with E-state index in [1.807, 2.05) is 0 Å². The second-order valence-corrected chi connectivity index (χ2v) is 3.92. The first-order valence-electron chi connectivity index (χ1n) is 4.07. The Balaban J connectivity index is 0.00000225. The van der Waals surface area contributed by atoms with Crippen LogP contribution < -0.4 is 5.73 Å². The molecule has 1 rings (SSSR count). The molecule has 3 N–H and O–H groups in total. The molecule has 0 radical (unpaired) electrons. The van der Waals surface area contributed by atoms with Gasteiger partial charge in [0.15, 0.2) is 0 Å². The summed E-state index contributed by atoms with van der Waals surface area (Å²) in [6, 6.07) is 1.57. The second kappa shape index (κ2) is 5.86. The van der Waals surface area contributed by atoms with Gasteiger partial charge in [0.05, 0.1) is 6.04 Å². The number of aliphatic hydroxyl groups excluding tert-OH is 1. The zero-order chi connectivity index (χ0) is 11.6. The highest BCUT2D eigenvalue weighted by atomic mass is 79.9. The van der Waals surface area contributed by atoms with Crippen molar-refractivity contribution < 1.29 is 18.3 Å². The van der Waals surface area contributed by atoms with Crippen LogP contribution in [0.1, 0.15) is 11.6 Å². The summed E-state index contributed by atoms with van der Waals surface area (Å²) in [4.78, 5) is 0. The fourth-order valence-electron chi connectivity index (χ4n) is 1.08. The number of hydrogen-bond donors (Lipinski definition) is 2. The fourth-order valence-corrected chi connectivity index (χ4v) is 1.68.